The summed E-state index contributed by atoms with van der Waals surface area (Å²) in [7, 11) is 1.42. The van der Waals surface area contributed by atoms with Gasteiger partial charge in [-0.15, -0.1) is 0 Å². The Bertz CT molecular complexity index is 871. The van der Waals surface area contributed by atoms with Crippen LogP contribution in [0.5, 0.6) is 0 Å². The van der Waals surface area contributed by atoms with Gasteiger partial charge in [-0.3, -0.25) is 0 Å². The Kier molecular flexibility index (Phi) is 5.79. The minimum Gasteiger partial charge on any atom is -0.465 e. The summed E-state index contributed by atoms with van der Waals surface area (Å²) >= 11 is 5.28. The molecule has 0 radical (unpaired) electrons. The summed E-state index contributed by atoms with van der Waals surface area (Å²) in [5.74, 6) is -0.300. The van der Waals surface area contributed by atoms with E-state index in [0.717, 1.165) is 10.2 Å². The van der Waals surface area contributed by atoms with Gasteiger partial charge in [0, 0.05) is 15.1 Å². The number of hydrogen-bond acceptors (Lipinski definition) is 3. The van der Waals surface area contributed by atoms with Crippen molar-refractivity contribution in [3.63, 3.8) is 0 Å². The molecule has 0 N–H and O–H groups in total. The van der Waals surface area contributed by atoms with Crippen LogP contribution in [-0.2, 0) is 20.9 Å². The molecule has 0 spiro atoms. The van der Waals surface area contributed by atoms with Gasteiger partial charge in [0.2, 0.25) is 0 Å². The van der Waals surface area contributed by atoms with E-state index in [9.17, 15) is 4.79 Å². The van der Waals surface area contributed by atoms with Crippen molar-refractivity contribution in [1.82, 2.24) is 0 Å². The molecule has 2 aromatic rings. The predicted molar refractivity (Wildman–Crippen MR) is 116 cm³/mol. The first-order valence-corrected chi connectivity index (χ1v) is 11.2. The molecule has 0 aliphatic heterocycles. The molecule has 0 atom stereocenters. The zero-order valence-electron chi connectivity index (χ0n) is 16.7. The van der Waals surface area contributed by atoms with E-state index in [-0.39, 0.29) is 16.8 Å². The Balaban J connectivity index is 2.01. The predicted octanol–water partition coefficient (Wildman–Crippen LogP) is 6.87. The number of methoxy groups -OCH3 is 1. The fourth-order valence-electron chi connectivity index (χ4n) is 3.76. The summed E-state index contributed by atoms with van der Waals surface area (Å²) in [6.07, 6.45) is 2.42. The zero-order valence-corrected chi connectivity index (χ0v) is 19.1. The smallest absolute Gasteiger partial charge is 0.337 e. The Morgan fingerprint density at radius 3 is 2.33 bits per heavy atom. The minimum atomic E-state index is -0.300. The van der Waals surface area contributed by atoms with E-state index in [4.69, 9.17) is 4.74 Å². The van der Waals surface area contributed by atoms with Crippen LogP contribution in [0.1, 0.15) is 67.6 Å². The molecule has 144 valence electrons. The van der Waals surface area contributed by atoms with Gasteiger partial charge in [0.25, 0.3) is 0 Å². The fraction of sp³-hybridized carbons (Fsp3) is 0.435. The summed E-state index contributed by atoms with van der Waals surface area (Å²) in [4.78, 5) is 14.2. The Morgan fingerprint density at radius 1 is 1.04 bits per heavy atom. The van der Waals surface area contributed by atoms with E-state index in [0.29, 0.717) is 5.56 Å². The van der Waals surface area contributed by atoms with Crippen molar-refractivity contribution in [3.05, 3.63) is 58.7 Å². The first-order chi connectivity index (χ1) is 12.7. The molecule has 0 amide bonds. The number of rotatable bonds is 4. The highest BCUT2D eigenvalue weighted by Gasteiger charge is 2.36. The van der Waals surface area contributed by atoms with Gasteiger partial charge in [-0.25, -0.2) is 4.79 Å². The number of carbonyl (C=O) groups is 1. The van der Waals surface area contributed by atoms with Gasteiger partial charge in [-0.1, -0.05) is 67.5 Å². The molecule has 2 nitrogen and oxygen atoms in total. The molecule has 2 aromatic carbocycles. The minimum absolute atomic E-state index is 0.188. The fourth-order valence-corrected chi connectivity index (χ4v) is 5.46. The number of halogens is 1. The first-order valence-electron chi connectivity index (χ1n) is 9.28. The number of benzene rings is 2. The Hall–Kier alpha value is -1.26. The van der Waals surface area contributed by atoms with Crippen LogP contribution >= 0.6 is 27.7 Å². The highest BCUT2D eigenvalue weighted by molar-refractivity contribution is 9.08. The topological polar surface area (TPSA) is 26.3 Å². The summed E-state index contributed by atoms with van der Waals surface area (Å²) < 4.78 is 4.88. The Labute approximate surface area is 175 Å². The molecule has 1 aliphatic carbocycles. The van der Waals surface area contributed by atoms with Crippen LogP contribution in [0.4, 0.5) is 0 Å². The second-order valence-electron chi connectivity index (χ2n) is 8.52. The highest BCUT2D eigenvalue weighted by Crippen LogP contribution is 2.47. The lowest BCUT2D eigenvalue weighted by atomic mass is 9.63. The quantitative estimate of drug-likeness (QED) is 0.378. The van der Waals surface area contributed by atoms with Crippen LogP contribution in [0, 0.1) is 0 Å². The molecule has 0 unspecified atom stereocenters. The van der Waals surface area contributed by atoms with Gasteiger partial charge in [-0.2, -0.15) is 0 Å². The lowest BCUT2D eigenvalue weighted by Gasteiger charge is -2.42. The Morgan fingerprint density at radius 2 is 1.70 bits per heavy atom. The van der Waals surface area contributed by atoms with Crippen LogP contribution in [0.3, 0.4) is 0 Å². The van der Waals surface area contributed by atoms with Gasteiger partial charge in [-0.05, 0) is 64.6 Å². The molecule has 4 heteroatoms. The van der Waals surface area contributed by atoms with Crippen LogP contribution in [0.25, 0.3) is 0 Å². The van der Waals surface area contributed by atoms with E-state index in [2.05, 4.69) is 61.8 Å². The first kappa shape index (κ1) is 20.5. The molecule has 0 heterocycles. The SMILES string of the molecule is COC(=O)c1ccc(CBr)c(Sc2ccc3c(c2)C(C)(C)CCC3(C)C)c1. The third-order valence-corrected chi connectivity index (χ3v) is 7.38. The second-order valence-corrected chi connectivity index (χ2v) is 10.2. The summed E-state index contributed by atoms with van der Waals surface area (Å²) in [5, 5.41) is 0.750. The van der Waals surface area contributed by atoms with Crippen LogP contribution in [0.15, 0.2) is 46.2 Å². The lowest BCUT2D eigenvalue weighted by molar-refractivity contribution is 0.0600. The van der Waals surface area contributed by atoms with Crippen LogP contribution in [-0.4, -0.2) is 13.1 Å². The maximum Gasteiger partial charge on any atom is 0.337 e. The third-order valence-electron chi connectivity index (χ3n) is 5.68. The molecule has 0 saturated carbocycles. The number of fused-ring (bicyclic) bond motifs is 1. The molecular formula is C23H27BrO2S. The number of esters is 1. The van der Waals surface area contributed by atoms with Crippen molar-refractivity contribution in [2.75, 3.05) is 7.11 Å². The second kappa shape index (κ2) is 7.63. The van der Waals surface area contributed by atoms with Crippen molar-refractivity contribution in [2.24, 2.45) is 0 Å². The lowest BCUT2D eigenvalue weighted by Crippen LogP contribution is -2.33. The van der Waals surface area contributed by atoms with Gasteiger partial charge in [0.15, 0.2) is 0 Å². The average Bonchev–Trinajstić information content (AvgIpc) is 2.65. The molecule has 3 rings (SSSR count). The van der Waals surface area contributed by atoms with Crippen molar-refractivity contribution >= 4 is 33.7 Å². The number of carbonyl (C=O) groups excluding carboxylic acids is 1. The third kappa shape index (κ3) is 4.12. The van der Waals surface area contributed by atoms with E-state index in [1.807, 2.05) is 18.2 Å². The van der Waals surface area contributed by atoms with Crippen molar-refractivity contribution in [2.45, 2.75) is 66.5 Å². The molecule has 0 bridgehead atoms. The van der Waals surface area contributed by atoms with Crippen molar-refractivity contribution < 1.29 is 9.53 Å². The molecular weight excluding hydrogens is 420 g/mol. The zero-order chi connectivity index (χ0) is 19.8. The van der Waals surface area contributed by atoms with Crippen molar-refractivity contribution in [3.8, 4) is 0 Å². The maximum absolute atomic E-state index is 11.9. The molecule has 27 heavy (non-hydrogen) atoms. The van der Waals surface area contributed by atoms with Gasteiger partial charge in [0.1, 0.15) is 0 Å². The van der Waals surface area contributed by atoms with Crippen LogP contribution in [0.2, 0.25) is 0 Å². The number of ether oxygens (including phenoxy) is 1. The van der Waals surface area contributed by atoms with Crippen molar-refractivity contribution in [1.29, 1.82) is 0 Å². The maximum atomic E-state index is 11.9. The molecule has 0 aromatic heterocycles. The summed E-state index contributed by atoms with van der Waals surface area (Å²) in [6.45, 7) is 9.38. The van der Waals surface area contributed by atoms with Crippen LogP contribution < -0.4 is 0 Å². The van der Waals surface area contributed by atoms with E-state index >= 15 is 0 Å². The summed E-state index contributed by atoms with van der Waals surface area (Å²) in [6, 6.07) is 12.6. The molecule has 1 aliphatic rings. The molecule has 0 fully saturated rings. The summed E-state index contributed by atoms with van der Waals surface area (Å²) in [5.41, 5.74) is 5.09. The van der Waals surface area contributed by atoms with E-state index in [1.165, 1.54) is 41.5 Å². The highest BCUT2D eigenvalue weighted by atomic mass is 79.9. The number of hydrogen-bond donors (Lipinski definition) is 0. The average molecular weight is 447 g/mol. The largest absolute Gasteiger partial charge is 0.465 e. The van der Waals surface area contributed by atoms with E-state index in [1.54, 1.807) is 11.8 Å². The number of alkyl halides is 1. The van der Waals surface area contributed by atoms with Gasteiger partial charge in [0.05, 0.1) is 12.7 Å². The monoisotopic (exact) mass is 446 g/mol. The van der Waals surface area contributed by atoms with E-state index < -0.39 is 0 Å². The standard InChI is InChI=1S/C23H27BrO2S/c1-22(2)10-11-23(3,4)19-13-17(8-9-18(19)22)27-20-12-15(21(25)26-5)6-7-16(20)14-24/h6-9,12-13H,10-11,14H2,1-5H3. The van der Waals surface area contributed by atoms with Gasteiger partial charge < -0.3 is 4.74 Å². The van der Waals surface area contributed by atoms with Gasteiger partial charge >= 0.3 is 5.97 Å². The molecule has 0 saturated heterocycles. The normalized spacial score (nSPS) is 17.3.